The maximum atomic E-state index is 13.0. The van der Waals surface area contributed by atoms with Gasteiger partial charge in [-0.2, -0.15) is 0 Å². The number of hydrogen-bond acceptors (Lipinski definition) is 8. The fraction of sp³-hybridized carbons (Fsp3) is 0.279. The molecule has 0 bridgehead atoms. The summed E-state index contributed by atoms with van der Waals surface area (Å²) in [5.74, 6) is 0.189. The molecule has 2 saturated heterocycles. The minimum Gasteiger partial charge on any atom is -0.436 e. The summed E-state index contributed by atoms with van der Waals surface area (Å²) in [5.41, 5.74) is 4.40. The molecular weight excluding hydrogens is 699 g/mol. The van der Waals surface area contributed by atoms with Crippen LogP contribution >= 0.6 is 0 Å². The monoisotopic (exact) mass is 741 g/mol. The molecule has 2 aliphatic heterocycles. The molecule has 0 spiro atoms. The first-order valence-corrected chi connectivity index (χ1v) is 18.5. The number of rotatable bonds is 12. The van der Waals surface area contributed by atoms with Gasteiger partial charge in [-0.1, -0.05) is 60.7 Å². The van der Waals surface area contributed by atoms with Crippen LogP contribution in [0.5, 0.6) is 0 Å². The number of aromatic nitrogens is 1. The first-order valence-electron chi connectivity index (χ1n) is 18.5. The fourth-order valence-corrected chi connectivity index (χ4v) is 7.33. The molecule has 7 rings (SSSR count). The van der Waals surface area contributed by atoms with Gasteiger partial charge in [-0.05, 0) is 72.5 Å². The first kappa shape index (κ1) is 37.2. The fourth-order valence-electron chi connectivity index (χ4n) is 7.33. The standard InChI is InChI=1S/C43H43N5O7/c49-36-21-34(47(26-36)41(53)19-28-7-3-1-4-8-28)23-39(51)45-32-15-11-30(12-16-32)38-25-44-43(55-38)31-13-17-33(18-14-31)46-40(52)24-35-22-37(50)27-48(35)42(54)20-29-9-5-2-6-10-29/h1-18,25,34-37,49-50H,19-24,26-27H2,(H,45,51)(H,46,52)/t34-,35-,36+,37+/m0/s1. The minimum absolute atomic E-state index is 0.0738. The van der Waals surface area contributed by atoms with E-state index in [1.54, 1.807) is 52.4 Å². The number of likely N-dealkylation sites (tertiary alicyclic amines) is 2. The van der Waals surface area contributed by atoms with Gasteiger partial charge in [0.1, 0.15) is 0 Å². The van der Waals surface area contributed by atoms with Crippen molar-refractivity contribution in [2.45, 2.75) is 62.8 Å². The summed E-state index contributed by atoms with van der Waals surface area (Å²) < 4.78 is 6.04. The average Bonchev–Trinajstić information content (AvgIpc) is 3.91. The smallest absolute Gasteiger partial charge is 0.227 e. The van der Waals surface area contributed by atoms with Crippen molar-refractivity contribution in [2.75, 3.05) is 23.7 Å². The number of benzene rings is 4. The van der Waals surface area contributed by atoms with Crippen LogP contribution in [0.15, 0.2) is 120 Å². The second kappa shape index (κ2) is 16.9. The highest BCUT2D eigenvalue weighted by molar-refractivity contribution is 5.93. The van der Waals surface area contributed by atoms with Crippen LogP contribution < -0.4 is 10.6 Å². The van der Waals surface area contributed by atoms with Crippen molar-refractivity contribution in [3.8, 4) is 22.8 Å². The van der Waals surface area contributed by atoms with Crippen LogP contribution in [0.3, 0.4) is 0 Å². The molecule has 0 saturated carbocycles. The number of anilines is 2. The van der Waals surface area contributed by atoms with E-state index in [1.807, 2.05) is 72.8 Å². The van der Waals surface area contributed by atoms with Crippen molar-refractivity contribution in [3.05, 3.63) is 127 Å². The number of hydrogen-bond donors (Lipinski definition) is 4. The van der Waals surface area contributed by atoms with E-state index in [0.29, 0.717) is 41.4 Å². The second-order valence-electron chi connectivity index (χ2n) is 14.2. The van der Waals surface area contributed by atoms with E-state index >= 15 is 0 Å². The molecule has 2 fully saturated rings. The van der Waals surface area contributed by atoms with Crippen molar-refractivity contribution in [2.24, 2.45) is 0 Å². The van der Waals surface area contributed by atoms with E-state index in [0.717, 1.165) is 16.7 Å². The van der Waals surface area contributed by atoms with Gasteiger partial charge >= 0.3 is 0 Å². The van der Waals surface area contributed by atoms with Crippen LogP contribution in [0.1, 0.15) is 36.8 Å². The lowest BCUT2D eigenvalue weighted by molar-refractivity contribution is -0.133. The molecule has 55 heavy (non-hydrogen) atoms. The van der Waals surface area contributed by atoms with Gasteiger partial charge < -0.3 is 35.1 Å². The second-order valence-corrected chi connectivity index (χ2v) is 14.2. The van der Waals surface area contributed by atoms with Crippen molar-refractivity contribution >= 4 is 35.0 Å². The van der Waals surface area contributed by atoms with Crippen molar-refractivity contribution in [3.63, 3.8) is 0 Å². The Kier molecular flexibility index (Phi) is 11.4. The number of β-amino-alcohol motifs (C(OH)–C–C–N with tert-alkyl or cyclic N) is 2. The molecule has 1 aromatic heterocycles. The van der Waals surface area contributed by atoms with Crippen LogP contribution in [0.2, 0.25) is 0 Å². The first-order chi connectivity index (χ1) is 26.7. The number of aliphatic hydroxyl groups is 2. The van der Waals surface area contributed by atoms with E-state index in [-0.39, 0.29) is 74.5 Å². The molecule has 282 valence electrons. The van der Waals surface area contributed by atoms with Gasteiger partial charge in [-0.3, -0.25) is 19.2 Å². The summed E-state index contributed by atoms with van der Waals surface area (Å²) in [6.07, 6.45) is 1.56. The zero-order chi connectivity index (χ0) is 38.3. The van der Waals surface area contributed by atoms with E-state index in [1.165, 1.54) is 0 Å². The highest BCUT2D eigenvalue weighted by Crippen LogP contribution is 2.29. The Hall–Kier alpha value is -6.11. The Morgan fingerprint density at radius 2 is 1.05 bits per heavy atom. The summed E-state index contributed by atoms with van der Waals surface area (Å²) in [4.78, 5) is 59.6. The summed E-state index contributed by atoms with van der Waals surface area (Å²) in [7, 11) is 0. The van der Waals surface area contributed by atoms with Crippen LogP contribution in [0.4, 0.5) is 11.4 Å². The zero-order valence-electron chi connectivity index (χ0n) is 30.2. The summed E-state index contributed by atoms with van der Waals surface area (Å²) >= 11 is 0. The summed E-state index contributed by atoms with van der Waals surface area (Å²) in [5, 5.41) is 26.3. The minimum atomic E-state index is -0.666. The van der Waals surface area contributed by atoms with E-state index in [9.17, 15) is 29.4 Å². The van der Waals surface area contributed by atoms with Crippen molar-refractivity contribution < 1.29 is 33.8 Å². The largest absolute Gasteiger partial charge is 0.436 e. The van der Waals surface area contributed by atoms with Gasteiger partial charge in [0.25, 0.3) is 0 Å². The van der Waals surface area contributed by atoms with Crippen molar-refractivity contribution in [1.29, 1.82) is 0 Å². The number of carbonyl (C=O) groups is 4. The van der Waals surface area contributed by atoms with Gasteiger partial charge in [0.05, 0.1) is 31.2 Å². The van der Waals surface area contributed by atoms with Gasteiger partial charge in [0.2, 0.25) is 29.5 Å². The molecule has 5 aromatic rings. The van der Waals surface area contributed by atoms with Gasteiger partial charge in [0.15, 0.2) is 5.76 Å². The molecule has 3 heterocycles. The molecule has 12 nitrogen and oxygen atoms in total. The molecule has 2 aliphatic rings. The Morgan fingerprint density at radius 3 is 1.51 bits per heavy atom. The normalized spacial score (nSPS) is 19.3. The number of oxazole rings is 1. The lowest BCUT2D eigenvalue weighted by Gasteiger charge is -2.24. The summed E-state index contributed by atoms with van der Waals surface area (Å²) in [6.45, 7) is 0.424. The highest BCUT2D eigenvalue weighted by Gasteiger charge is 2.36. The Bertz CT molecular complexity index is 1960. The number of nitrogens with one attached hydrogen (secondary N) is 2. The van der Waals surface area contributed by atoms with Crippen LogP contribution in [-0.2, 0) is 32.0 Å². The topological polar surface area (TPSA) is 165 Å². The third kappa shape index (κ3) is 9.53. The molecule has 0 unspecified atom stereocenters. The number of nitrogens with zero attached hydrogens (tertiary/aromatic N) is 3. The van der Waals surface area contributed by atoms with Crippen LogP contribution in [0.25, 0.3) is 22.8 Å². The zero-order valence-corrected chi connectivity index (χ0v) is 30.2. The predicted molar refractivity (Wildman–Crippen MR) is 206 cm³/mol. The van der Waals surface area contributed by atoms with Gasteiger partial charge in [-0.25, -0.2) is 4.98 Å². The van der Waals surface area contributed by atoms with Crippen LogP contribution in [0, 0.1) is 0 Å². The van der Waals surface area contributed by atoms with Gasteiger partial charge in [0, 0.05) is 60.5 Å². The molecule has 12 heteroatoms. The maximum absolute atomic E-state index is 13.0. The van der Waals surface area contributed by atoms with Gasteiger partial charge in [-0.15, -0.1) is 0 Å². The molecule has 0 aliphatic carbocycles. The molecule has 4 N–H and O–H groups in total. The van der Waals surface area contributed by atoms with Crippen LogP contribution in [-0.4, -0.2) is 86.0 Å². The third-order valence-corrected chi connectivity index (χ3v) is 10.0. The number of carbonyl (C=O) groups excluding carboxylic acids is 4. The quantitative estimate of drug-likeness (QED) is 0.138. The molecule has 4 aromatic carbocycles. The average molecular weight is 742 g/mol. The lowest BCUT2D eigenvalue weighted by atomic mass is 10.1. The van der Waals surface area contributed by atoms with E-state index < -0.39 is 12.2 Å². The number of amides is 4. The van der Waals surface area contributed by atoms with E-state index in [4.69, 9.17) is 4.42 Å². The molecule has 4 atom stereocenters. The summed E-state index contributed by atoms with van der Waals surface area (Å²) in [6, 6.07) is 32.3. The Balaban J connectivity index is 0.897. The number of aliphatic hydroxyl groups excluding tert-OH is 2. The molecular formula is C43H43N5O7. The molecule has 0 radical (unpaired) electrons. The lowest BCUT2D eigenvalue weighted by Crippen LogP contribution is -2.39. The Labute approximate surface area is 318 Å². The highest BCUT2D eigenvalue weighted by atomic mass is 16.4. The van der Waals surface area contributed by atoms with E-state index in [2.05, 4.69) is 15.6 Å². The Morgan fingerprint density at radius 1 is 0.618 bits per heavy atom. The van der Waals surface area contributed by atoms with Crippen molar-refractivity contribution in [1.82, 2.24) is 14.8 Å². The predicted octanol–water partition coefficient (Wildman–Crippen LogP) is 5.07. The SMILES string of the molecule is O=C(C[C@@H]1C[C@@H](O)CN1C(=O)Cc1ccccc1)Nc1ccc(-c2cnc(-c3ccc(NC(=O)C[C@@H]4C[C@@H](O)CN4C(=O)Cc4ccccc4)cc3)o2)cc1. The third-order valence-electron chi connectivity index (χ3n) is 10.0. The molecule has 4 amide bonds. The maximum Gasteiger partial charge on any atom is 0.227 e.